The van der Waals surface area contributed by atoms with Gasteiger partial charge in [-0.1, -0.05) is 13.3 Å². The summed E-state index contributed by atoms with van der Waals surface area (Å²) in [5.41, 5.74) is 0. The van der Waals surface area contributed by atoms with E-state index in [0.717, 1.165) is 12.8 Å². The third-order valence-electron chi connectivity index (χ3n) is 2.06. The highest BCUT2D eigenvalue weighted by Gasteiger charge is 2.29. The number of rotatable bonds is 9. The smallest absolute Gasteiger partial charge is 0.335 e. The summed E-state index contributed by atoms with van der Waals surface area (Å²) in [5, 5.41) is -3.31. The second-order valence-electron chi connectivity index (χ2n) is 3.62. The number of ether oxygens (including phenoxy) is 2. The van der Waals surface area contributed by atoms with Crippen molar-refractivity contribution in [2.75, 3.05) is 13.2 Å². The second kappa shape index (κ2) is 8.64. The molecule has 0 aliphatic carbocycles. The van der Waals surface area contributed by atoms with Crippen LogP contribution in [0.2, 0.25) is 0 Å². The second-order valence-corrected chi connectivity index (χ2v) is 4.17. The molecule has 1 atom stereocenters. The van der Waals surface area contributed by atoms with Crippen molar-refractivity contribution in [3.8, 4) is 0 Å². The molecule has 0 saturated heterocycles. The molecule has 0 bridgehead atoms. The van der Waals surface area contributed by atoms with Crippen molar-refractivity contribution < 1.29 is 23.0 Å². The van der Waals surface area contributed by atoms with E-state index in [1.807, 2.05) is 6.92 Å². The predicted octanol–water partition coefficient (Wildman–Crippen LogP) is 3.35. The molecule has 0 spiro atoms. The maximum atomic E-state index is 12.5. The first-order valence-corrected chi connectivity index (χ1v) is 6.13. The highest BCUT2D eigenvalue weighted by atomic mass is 35.5. The summed E-state index contributed by atoms with van der Waals surface area (Å²) in [4.78, 5) is 11.4. The van der Waals surface area contributed by atoms with E-state index < -0.39 is 23.9 Å². The molecule has 0 heterocycles. The van der Waals surface area contributed by atoms with Crippen molar-refractivity contribution in [1.29, 1.82) is 0 Å². The van der Waals surface area contributed by atoms with Gasteiger partial charge in [-0.05, 0) is 31.4 Å². The zero-order valence-electron chi connectivity index (χ0n) is 10.2. The van der Waals surface area contributed by atoms with Gasteiger partial charge in [0.2, 0.25) is 0 Å². The van der Waals surface area contributed by atoms with Crippen LogP contribution in [0.25, 0.3) is 0 Å². The Morgan fingerprint density at radius 1 is 1.41 bits per heavy atom. The van der Waals surface area contributed by atoms with Gasteiger partial charge in [0.15, 0.2) is 6.10 Å². The lowest BCUT2D eigenvalue weighted by Gasteiger charge is -2.17. The molecule has 0 radical (unpaired) electrons. The Labute approximate surface area is 105 Å². The molecule has 6 heteroatoms. The molecule has 0 rings (SSSR count). The molecule has 3 nitrogen and oxygen atoms in total. The van der Waals surface area contributed by atoms with Gasteiger partial charge in [0.1, 0.15) is 0 Å². The quantitative estimate of drug-likeness (QED) is 0.367. The SMILES string of the molecule is CCCCOC(CCC(F)(F)Cl)C(=O)OCC. The van der Waals surface area contributed by atoms with Crippen molar-refractivity contribution in [3.05, 3.63) is 0 Å². The number of hydrogen-bond acceptors (Lipinski definition) is 3. The number of esters is 1. The Morgan fingerprint density at radius 3 is 2.53 bits per heavy atom. The van der Waals surface area contributed by atoms with E-state index in [1.165, 1.54) is 0 Å². The topological polar surface area (TPSA) is 35.5 Å². The maximum absolute atomic E-state index is 12.5. The highest BCUT2D eigenvalue weighted by Crippen LogP contribution is 2.26. The normalized spacial score (nSPS) is 13.5. The number of carbonyl (C=O) groups is 1. The Balaban J connectivity index is 4.14. The van der Waals surface area contributed by atoms with Crippen molar-refractivity contribution in [3.63, 3.8) is 0 Å². The minimum absolute atomic E-state index is 0.140. The van der Waals surface area contributed by atoms with Crippen LogP contribution in [-0.4, -0.2) is 30.7 Å². The van der Waals surface area contributed by atoms with Crippen LogP contribution in [0.15, 0.2) is 0 Å². The molecular weight excluding hydrogens is 254 g/mol. The Bertz CT molecular complexity index is 219. The van der Waals surface area contributed by atoms with Crippen LogP contribution in [0.1, 0.15) is 39.5 Å². The fourth-order valence-electron chi connectivity index (χ4n) is 1.17. The number of halogens is 3. The number of alkyl halides is 3. The lowest BCUT2D eigenvalue weighted by molar-refractivity contribution is -0.157. The Hall–Kier alpha value is -0.420. The Kier molecular flexibility index (Phi) is 8.43. The zero-order valence-corrected chi connectivity index (χ0v) is 10.9. The van der Waals surface area contributed by atoms with Crippen LogP contribution < -0.4 is 0 Å². The lowest BCUT2D eigenvalue weighted by atomic mass is 10.2. The van der Waals surface area contributed by atoms with E-state index in [9.17, 15) is 13.6 Å². The van der Waals surface area contributed by atoms with Crippen LogP contribution in [0.4, 0.5) is 8.78 Å². The van der Waals surface area contributed by atoms with E-state index in [2.05, 4.69) is 0 Å². The van der Waals surface area contributed by atoms with Crippen molar-refractivity contribution in [1.82, 2.24) is 0 Å². The minimum Gasteiger partial charge on any atom is -0.464 e. The molecule has 0 amide bonds. The molecule has 1 unspecified atom stereocenters. The van der Waals surface area contributed by atoms with E-state index in [-0.39, 0.29) is 13.0 Å². The molecule has 0 aliphatic rings. The summed E-state index contributed by atoms with van der Waals surface area (Å²) >= 11 is 4.78. The monoisotopic (exact) mass is 272 g/mol. The molecular formula is C11H19ClF2O3. The summed E-state index contributed by atoms with van der Waals surface area (Å²) in [6.45, 7) is 4.17. The molecule has 17 heavy (non-hydrogen) atoms. The van der Waals surface area contributed by atoms with Crippen molar-refractivity contribution >= 4 is 17.6 Å². The van der Waals surface area contributed by atoms with Crippen LogP contribution in [0.5, 0.6) is 0 Å². The lowest BCUT2D eigenvalue weighted by Crippen LogP contribution is -2.28. The molecule has 0 N–H and O–H groups in total. The fourth-order valence-corrected chi connectivity index (χ4v) is 1.28. The van der Waals surface area contributed by atoms with E-state index in [0.29, 0.717) is 6.61 Å². The largest absolute Gasteiger partial charge is 0.464 e. The van der Waals surface area contributed by atoms with Crippen LogP contribution in [0.3, 0.4) is 0 Å². The molecule has 0 saturated carbocycles. The predicted molar refractivity (Wildman–Crippen MR) is 61.3 cm³/mol. The average molecular weight is 273 g/mol. The third-order valence-corrected chi connectivity index (χ3v) is 2.25. The molecule has 0 aromatic carbocycles. The standard InChI is InChI=1S/C11H19ClF2O3/c1-3-5-8-17-9(10(15)16-4-2)6-7-11(12,13)14/h9H,3-8H2,1-2H3. The van der Waals surface area contributed by atoms with Gasteiger partial charge in [-0.2, -0.15) is 8.78 Å². The van der Waals surface area contributed by atoms with E-state index in [1.54, 1.807) is 6.92 Å². The van der Waals surface area contributed by atoms with E-state index in [4.69, 9.17) is 21.1 Å². The van der Waals surface area contributed by atoms with Gasteiger partial charge in [0, 0.05) is 13.0 Å². The van der Waals surface area contributed by atoms with Crippen LogP contribution in [-0.2, 0) is 14.3 Å². The number of unbranched alkanes of at least 4 members (excludes halogenated alkanes) is 1. The third kappa shape index (κ3) is 9.30. The van der Waals surface area contributed by atoms with Gasteiger partial charge in [0.05, 0.1) is 6.61 Å². The molecule has 0 aliphatic heterocycles. The average Bonchev–Trinajstić information content (AvgIpc) is 2.22. The molecule has 102 valence electrons. The van der Waals surface area contributed by atoms with Crippen LogP contribution in [0, 0.1) is 0 Å². The summed E-state index contributed by atoms with van der Waals surface area (Å²) in [6.07, 6.45) is -0.0245. The Morgan fingerprint density at radius 2 is 2.06 bits per heavy atom. The molecule has 0 aromatic rings. The summed E-state index contributed by atoms with van der Waals surface area (Å²) in [7, 11) is 0. The van der Waals surface area contributed by atoms with Gasteiger partial charge >= 0.3 is 11.4 Å². The first-order valence-electron chi connectivity index (χ1n) is 5.75. The zero-order chi connectivity index (χ0) is 13.3. The summed E-state index contributed by atoms with van der Waals surface area (Å²) in [6, 6.07) is 0. The van der Waals surface area contributed by atoms with Gasteiger partial charge in [-0.25, -0.2) is 4.79 Å². The van der Waals surface area contributed by atoms with Gasteiger partial charge in [-0.15, -0.1) is 0 Å². The summed E-state index contributed by atoms with van der Waals surface area (Å²) in [5.74, 6) is -0.607. The van der Waals surface area contributed by atoms with Gasteiger partial charge in [-0.3, -0.25) is 0 Å². The van der Waals surface area contributed by atoms with Crippen LogP contribution >= 0.6 is 11.6 Å². The molecule has 0 fully saturated rings. The van der Waals surface area contributed by atoms with E-state index >= 15 is 0 Å². The highest BCUT2D eigenvalue weighted by molar-refractivity contribution is 6.21. The first-order chi connectivity index (χ1) is 7.90. The summed E-state index contributed by atoms with van der Waals surface area (Å²) < 4.78 is 34.9. The molecule has 0 aromatic heterocycles. The van der Waals surface area contributed by atoms with Gasteiger partial charge in [0.25, 0.3) is 0 Å². The number of hydrogen-bond donors (Lipinski definition) is 0. The number of carbonyl (C=O) groups excluding carboxylic acids is 1. The maximum Gasteiger partial charge on any atom is 0.335 e. The van der Waals surface area contributed by atoms with Crippen molar-refractivity contribution in [2.24, 2.45) is 0 Å². The minimum atomic E-state index is -3.31. The fraction of sp³-hybridized carbons (Fsp3) is 0.909. The first kappa shape index (κ1) is 16.6. The van der Waals surface area contributed by atoms with Gasteiger partial charge < -0.3 is 9.47 Å². The van der Waals surface area contributed by atoms with Crippen molar-refractivity contribution in [2.45, 2.75) is 51.0 Å².